The van der Waals surface area contributed by atoms with Crippen molar-refractivity contribution in [3.05, 3.63) is 64.7 Å². The van der Waals surface area contributed by atoms with Crippen molar-refractivity contribution in [1.29, 1.82) is 0 Å². The molecule has 3 aromatic rings. The summed E-state index contributed by atoms with van der Waals surface area (Å²) >= 11 is 5.31. The molecule has 8 heteroatoms. The molecule has 0 fully saturated rings. The maximum absolute atomic E-state index is 5.89. The molecule has 3 rings (SSSR count). The molecule has 0 aliphatic heterocycles. The monoisotopic (exact) mass is 440 g/mol. The van der Waals surface area contributed by atoms with Gasteiger partial charge in [-0.2, -0.15) is 14.9 Å². The number of nitrogens with zero attached hydrogens (tertiary/aromatic N) is 3. The molecule has 7 nitrogen and oxygen atoms in total. The molecule has 1 N–H and O–H groups in total. The summed E-state index contributed by atoms with van der Waals surface area (Å²) in [6.45, 7) is 5.59. The van der Waals surface area contributed by atoms with Crippen LogP contribution in [0.5, 0.6) is 17.2 Å². The molecular weight excluding hydrogens is 412 g/mol. The molecule has 0 saturated heterocycles. The van der Waals surface area contributed by atoms with E-state index in [1.54, 1.807) is 10.9 Å². The van der Waals surface area contributed by atoms with Gasteiger partial charge in [0, 0.05) is 0 Å². The number of aromatic amines is 1. The highest BCUT2D eigenvalue weighted by Gasteiger charge is 2.08. The summed E-state index contributed by atoms with van der Waals surface area (Å²) in [5.41, 5.74) is 0.863. The lowest BCUT2D eigenvalue weighted by molar-refractivity contribution is 0.271. The van der Waals surface area contributed by atoms with Gasteiger partial charge in [-0.05, 0) is 61.5 Å². The predicted octanol–water partition coefficient (Wildman–Crippen LogP) is 5.37. The lowest BCUT2D eigenvalue weighted by atomic mass is 10.2. The Bertz CT molecular complexity index is 1030. The van der Waals surface area contributed by atoms with Gasteiger partial charge in [-0.3, -0.25) is 0 Å². The van der Waals surface area contributed by atoms with Crippen molar-refractivity contribution in [2.75, 3.05) is 13.2 Å². The van der Waals surface area contributed by atoms with Gasteiger partial charge in [0.1, 0.15) is 12.4 Å². The van der Waals surface area contributed by atoms with Crippen molar-refractivity contribution in [2.45, 2.75) is 39.7 Å². The molecule has 31 heavy (non-hydrogen) atoms. The number of H-pyrrole nitrogens is 1. The zero-order valence-electron chi connectivity index (χ0n) is 17.9. The molecule has 1 heterocycles. The first kappa shape index (κ1) is 22.6. The number of ether oxygens (including phenoxy) is 3. The number of hydrogen-bond donors (Lipinski definition) is 1. The van der Waals surface area contributed by atoms with E-state index >= 15 is 0 Å². The Labute approximate surface area is 187 Å². The highest BCUT2D eigenvalue weighted by molar-refractivity contribution is 7.71. The normalized spacial score (nSPS) is 11.0. The average Bonchev–Trinajstić information content (AvgIpc) is 3.15. The number of hydrogen-bond acceptors (Lipinski definition) is 6. The topological polar surface area (TPSA) is 73.7 Å². The number of aromatic nitrogens is 3. The Morgan fingerprint density at radius 2 is 1.87 bits per heavy atom. The second kappa shape index (κ2) is 11.9. The van der Waals surface area contributed by atoms with E-state index in [-0.39, 0.29) is 6.61 Å². The number of benzene rings is 2. The third kappa shape index (κ3) is 6.68. The summed E-state index contributed by atoms with van der Waals surface area (Å²) in [5, 5.41) is 11.5. The van der Waals surface area contributed by atoms with E-state index in [1.807, 2.05) is 55.5 Å². The van der Waals surface area contributed by atoms with E-state index in [4.69, 9.17) is 26.4 Å². The largest absolute Gasteiger partial charge is 0.490 e. The molecule has 164 valence electrons. The maximum atomic E-state index is 5.89. The van der Waals surface area contributed by atoms with Crippen LogP contribution in [-0.2, 0) is 6.61 Å². The van der Waals surface area contributed by atoms with Crippen molar-refractivity contribution in [1.82, 2.24) is 14.9 Å². The SMILES string of the molecule is CCCCCOc1ccc(/C=N\n2c(COc3ccccc3)n[nH]c2=S)cc1OCC. The fraction of sp³-hybridized carbons (Fsp3) is 0.348. The van der Waals surface area contributed by atoms with Crippen LogP contribution in [0.1, 0.15) is 44.5 Å². The Balaban J connectivity index is 1.71. The maximum Gasteiger partial charge on any atom is 0.216 e. The van der Waals surface area contributed by atoms with Crippen LogP contribution in [0.3, 0.4) is 0 Å². The molecule has 0 aliphatic carbocycles. The van der Waals surface area contributed by atoms with E-state index in [9.17, 15) is 0 Å². The number of rotatable bonds is 12. The lowest BCUT2D eigenvalue weighted by Crippen LogP contribution is -2.04. The molecule has 1 aromatic heterocycles. The van der Waals surface area contributed by atoms with Gasteiger partial charge in [-0.25, -0.2) is 5.10 Å². The van der Waals surface area contributed by atoms with Crippen molar-refractivity contribution < 1.29 is 14.2 Å². The fourth-order valence-electron chi connectivity index (χ4n) is 2.85. The summed E-state index contributed by atoms with van der Waals surface area (Å²) in [5.74, 6) is 2.77. The zero-order chi connectivity index (χ0) is 21.9. The van der Waals surface area contributed by atoms with Crippen molar-refractivity contribution >= 4 is 18.4 Å². The van der Waals surface area contributed by atoms with Gasteiger partial charge in [0.25, 0.3) is 0 Å². The second-order valence-corrected chi connectivity index (χ2v) is 7.18. The van der Waals surface area contributed by atoms with Gasteiger partial charge in [-0.1, -0.05) is 38.0 Å². The van der Waals surface area contributed by atoms with Gasteiger partial charge in [0.2, 0.25) is 4.77 Å². The molecular formula is C23H28N4O3S. The Morgan fingerprint density at radius 3 is 2.65 bits per heavy atom. The molecule has 0 amide bonds. The Kier molecular flexibility index (Phi) is 8.66. The summed E-state index contributed by atoms with van der Waals surface area (Å²) in [6, 6.07) is 15.3. The molecule has 0 atom stereocenters. The molecule has 0 spiro atoms. The van der Waals surface area contributed by atoms with E-state index in [0.717, 1.165) is 36.3 Å². The van der Waals surface area contributed by atoms with Crippen molar-refractivity contribution in [3.63, 3.8) is 0 Å². The van der Waals surface area contributed by atoms with E-state index in [0.29, 0.717) is 29.6 Å². The quantitative estimate of drug-likeness (QED) is 0.233. The van der Waals surface area contributed by atoms with Crippen LogP contribution >= 0.6 is 12.2 Å². The number of unbranched alkanes of at least 4 members (excludes halogenated alkanes) is 2. The Morgan fingerprint density at radius 1 is 1.03 bits per heavy atom. The predicted molar refractivity (Wildman–Crippen MR) is 124 cm³/mol. The summed E-state index contributed by atoms with van der Waals surface area (Å²) in [6.07, 6.45) is 5.04. The standard InChI is InChI=1S/C23H28N4O3S/c1-3-5-9-14-29-20-13-12-18(15-21(20)28-4-2)16-24-27-22(25-26-23(27)31)17-30-19-10-7-6-8-11-19/h6-8,10-13,15-16H,3-5,9,14,17H2,1-2H3,(H,26,31)/b24-16-. The zero-order valence-corrected chi connectivity index (χ0v) is 18.7. The van der Waals surface area contributed by atoms with Crippen LogP contribution in [0, 0.1) is 4.77 Å². The lowest BCUT2D eigenvalue weighted by Gasteiger charge is -2.12. The first-order chi connectivity index (χ1) is 15.2. The van der Waals surface area contributed by atoms with Gasteiger partial charge in [0.05, 0.1) is 19.4 Å². The molecule has 0 unspecified atom stereocenters. The molecule has 0 radical (unpaired) electrons. The highest BCUT2D eigenvalue weighted by atomic mass is 32.1. The van der Waals surface area contributed by atoms with Gasteiger partial charge in [-0.15, -0.1) is 0 Å². The van der Waals surface area contributed by atoms with Crippen LogP contribution in [0.15, 0.2) is 53.6 Å². The minimum Gasteiger partial charge on any atom is -0.490 e. The van der Waals surface area contributed by atoms with Crippen LogP contribution in [0.25, 0.3) is 0 Å². The summed E-state index contributed by atoms with van der Waals surface area (Å²) in [7, 11) is 0. The first-order valence-corrected chi connectivity index (χ1v) is 10.9. The van der Waals surface area contributed by atoms with Crippen molar-refractivity contribution in [2.24, 2.45) is 5.10 Å². The highest BCUT2D eigenvalue weighted by Crippen LogP contribution is 2.28. The van der Waals surface area contributed by atoms with E-state index in [2.05, 4.69) is 22.2 Å². The second-order valence-electron chi connectivity index (χ2n) is 6.80. The van der Waals surface area contributed by atoms with Gasteiger partial charge < -0.3 is 14.2 Å². The minimum absolute atomic E-state index is 0.239. The van der Waals surface area contributed by atoms with Crippen LogP contribution < -0.4 is 14.2 Å². The summed E-state index contributed by atoms with van der Waals surface area (Å²) in [4.78, 5) is 0. The number of nitrogens with one attached hydrogen (secondary N) is 1. The van der Waals surface area contributed by atoms with Gasteiger partial charge in [0.15, 0.2) is 17.3 Å². The number of para-hydroxylation sites is 1. The molecule has 2 aromatic carbocycles. The van der Waals surface area contributed by atoms with E-state index < -0.39 is 0 Å². The van der Waals surface area contributed by atoms with Crippen LogP contribution in [0.4, 0.5) is 0 Å². The minimum atomic E-state index is 0.239. The van der Waals surface area contributed by atoms with Gasteiger partial charge >= 0.3 is 0 Å². The smallest absolute Gasteiger partial charge is 0.216 e. The van der Waals surface area contributed by atoms with E-state index in [1.165, 1.54) is 0 Å². The Hall–Kier alpha value is -3.13. The van der Waals surface area contributed by atoms with Crippen molar-refractivity contribution in [3.8, 4) is 17.2 Å². The third-order valence-corrected chi connectivity index (χ3v) is 4.69. The first-order valence-electron chi connectivity index (χ1n) is 10.5. The summed E-state index contributed by atoms with van der Waals surface area (Å²) < 4.78 is 19.3. The van der Waals surface area contributed by atoms with Crippen LogP contribution in [0.2, 0.25) is 0 Å². The molecule has 0 aliphatic rings. The molecule has 0 saturated carbocycles. The molecule has 0 bridgehead atoms. The fourth-order valence-corrected chi connectivity index (χ4v) is 3.05. The third-order valence-electron chi connectivity index (χ3n) is 4.42. The van der Waals surface area contributed by atoms with Crippen LogP contribution in [-0.4, -0.2) is 34.3 Å². The average molecular weight is 441 g/mol.